The Hall–Kier alpha value is -2.94. The number of piperazine rings is 1. The van der Waals surface area contributed by atoms with Gasteiger partial charge in [0.25, 0.3) is 0 Å². The number of hydrogen-bond acceptors (Lipinski definition) is 7. The summed E-state index contributed by atoms with van der Waals surface area (Å²) in [4.78, 5) is 40.6. The van der Waals surface area contributed by atoms with E-state index < -0.39 is 11.7 Å². The molecule has 1 saturated heterocycles. The number of rotatable bonds is 7. The van der Waals surface area contributed by atoms with Gasteiger partial charge < -0.3 is 19.9 Å². The summed E-state index contributed by atoms with van der Waals surface area (Å²) in [6.07, 6.45) is 16.4. The average molecular weight is 539 g/mol. The van der Waals surface area contributed by atoms with Crippen LogP contribution in [0.2, 0.25) is 0 Å². The van der Waals surface area contributed by atoms with Crippen LogP contribution in [0.25, 0.3) is 5.57 Å². The van der Waals surface area contributed by atoms with Crippen LogP contribution >= 0.6 is 0 Å². The standard InChI is InChI=1S/C30H46N6O3/c1-22-23(21-34(5)27(37)20-33-29(38)39-30(2,3)4)10-9-13-26(22)24-18-31-28(32-19-24)36-16-14-35(15-17-36)25-11-7-6-8-12-25/h9-10,13,18-19,22-23,25H,6-8,11-12,14-17,20-21H2,1-5H3,(H,33,38). The smallest absolute Gasteiger partial charge is 0.408 e. The van der Waals surface area contributed by atoms with E-state index in [-0.39, 0.29) is 24.3 Å². The van der Waals surface area contributed by atoms with Crippen molar-refractivity contribution in [1.29, 1.82) is 0 Å². The Bertz CT molecular complexity index is 1030. The van der Waals surface area contributed by atoms with Crippen molar-refractivity contribution in [3.8, 4) is 0 Å². The third-order valence-corrected chi connectivity index (χ3v) is 8.12. The molecule has 1 aromatic heterocycles. The molecule has 9 nitrogen and oxygen atoms in total. The number of aromatic nitrogens is 2. The molecule has 3 aliphatic rings. The predicted octanol–water partition coefficient (Wildman–Crippen LogP) is 4.12. The van der Waals surface area contributed by atoms with E-state index in [1.807, 2.05) is 12.4 Å². The highest BCUT2D eigenvalue weighted by atomic mass is 16.6. The molecule has 1 aliphatic heterocycles. The van der Waals surface area contributed by atoms with Gasteiger partial charge in [-0.05, 0) is 45.1 Å². The molecule has 0 radical (unpaired) electrons. The molecule has 0 spiro atoms. The molecule has 1 aromatic rings. The van der Waals surface area contributed by atoms with Gasteiger partial charge in [0.05, 0.1) is 0 Å². The van der Waals surface area contributed by atoms with Crippen LogP contribution in [0, 0.1) is 11.8 Å². The first kappa shape index (κ1) is 29.1. The fraction of sp³-hybridized carbons (Fsp3) is 0.667. The van der Waals surface area contributed by atoms with E-state index in [0.29, 0.717) is 6.54 Å². The number of nitrogens with one attached hydrogen (secondary N) is 1. The summed E-state index contributed by atoms with van der Waals surface area (Å²) in [6.45, 7) is 12.1. The number of likely N-dealkylation sites (N-methyl/N-ethyl adjacent to an activating group) is 1. The Morgan fingerprint density at radius 3 is 2.38 bits per heavy atom. The summed E-state index contributed by atoms with van der Waals surface area (Å²) in [5.41, 5.74) is 1.58. The number of carbonyl (C=O) groups is 2. The van der Waals surface area contributed by atoms with Gasteiger partial charge in [0.1, 0.15) is 12.1 Å². The number of alkyl carbamates (subject to hydrolysis) is 1. The third-order valence-electron chi connectivity index (χ3n) is 8.12. The van der Waals surface area contributed by atoms with Crippen molar-refractivity contribution < 1.29 is 14.3 Å². The van der Waals surface area contributed by atoms with Crippen LogP contribution in [0.4, 0.5) is 10.7 Å². The van der Waals surface area contributed by atoms with E-state index in [0.717, 1.165) is 43.7 Å². The first-order chi connectivity index (χ1) is 18.6. The van der Waals surface area contributed by atoms with Gasteiger partial charge in [-0.15, -0.1) is 0 Å². The lowest BCUT2D eigenvalue weighted by molar-refractivity contribution is -0.129. The number of anilines is 1. The zero-order valence-corrected chi connectivity index (χ0v) is 24.4. The first-order valence-electron chi connectivity index (χ1n) is 14.5. The summed E-state index contributed by atoms with van der Waals surface area (Å²) < 4.78 is 5.22. The van der Waals surface area contributed by atoms with Crippen molar-refractivity contribution in [2.45, 2.75) is 71.4 Å². The molecule has 2 aliphatic carbocycles. The molecular formula is C30H46N6O3. The Morgan fingerprint density at radius 2 is 1.74 bits per heavy atom. The molecule has 2 unspecified atom stereocenters. The second-order valence-corrected chi connectivity index (χ2v) is 12.2. The molecule has 2 atom stereocenters. The minimum Gasteiger partial charge on any atom is -0.444 e. The Kier molecular flexibility index (Phi) is 9.64. The van der Waals surface area contributed by atoms with E-state index >= 15 is 0 Å². The van der Waals surface area contributed by atoms with Gasteiger partial charge in [-0.3, -0.25) is 9.69 Å². The monoisotopic (exact) mass is 538 g/mol. The quantitative estimate of drug-likeness (QED) is 0.558. The maximum Gasteiger partial charge on any atom is 0.408 e. The normalized spacial score (nSPS) is 22.8. The lowest BCUT2D eigenvalue weighted by Gasteiger charge is -2.40. The predicted molar refractivity (Wildman–Crippen MR) is 154 cm³/mol. The summed E-state index contributed by atoms with van der Waals surface area (Å²) in [7, 11) is 1.77. The average Bonchev–Trinajstić information content (AvgIpc) is 2.92. The van der Waals surface area contributed by atoms with E-state index in [4.69, 9.17) is 14.7 Å². The Balaban J connectivity index is 1.27. The highest BCUT2D eigenvalue weighted by Crippen LogP contribution is 2.33. The van der Waals surface area contributed by atoms with Crippen LogP contribution in [-0.2, 0) is 9.53 Å². The van der Waals surface area contributed by atoms with Gasteiger partial charge in [0, 0.05) is 69.7 Å². The number of nitrogens with zero attached hydrogens (tertiary/aromatic N) is 5. The Labute approximate surface area is 233 Å². The van der Waals surface area contributed by atoms with Crippen LogP contribution in [0.5, 0.6) is 0 Å². The van der Waals surface area contributed by atoms with Crippen LogP contribution in [0.1, 0.15) is 65.4 Å². The molecule has 0 aromatic carbocycles. The molecule has 2 heterocycles. The molecule has 9 heteroatoms. The minimum atomic E-state index is -0.602. The van der Waals surface area contributed by atoms with Crippen molar-refractivity contribution in [3.63, 3.8) is 0 Å². The third kappa shape index (κ3) is 8.03. The number of allylic oxidation sites excluding steroid dienone is 3. The van der Waals surface area contributed by atoms with Crippen LogP contribution in [0.15, 0.2) is 30.6 Å². The molecule has 4 rings (SSSR count). The maximum absolute atomic E-state index is 12.6. The van der Waals surface area contributed by atoms with Crippen molar-refractivity contribution in [3.05, 3.63) is 36.2 Å². The summed E-state index contributed by atoms with van der Waals surface area (Å²) in [5.74, 6) is 0.986. The van der Waals surface area contributed by atoms with Crippen LogP contribution in [-0.4, -0.2) is 89.7 Å². The van der Waals surface area contributed by atoms with Gasteiger partial charge in [-0.25, -0.2) is 14.8 Å². The number of carbonyl (C=O) groups excluding carboxylic acids is 2. The summed E-state index contributed by atoms with van der Waals surface area (Å²) >= 11 is 0. The molecule has 2 amide bonds. The molecular weight excluding hydrogens is 492 g/mol. The van der Waals surface area contributed by atoms with Gasteiger partial charge in [-0.1, -0.05) is 44.4 Å². The van der Waals surface area contributed by atoms with Gasteiger partial charge >= 0.3 is 6.09 Å². The first-order valence-corrected chi connectivity index (χ1v) is 14.5. The van der Waals surface area contributed by atoms with Gasteiger partial charge in [0.15, 0.2) is 0 Å². The van der Waals surface area contributed by atoms with E-state index in [1.54, 1.807) is 32.7 Å². The molecule has 214 valence electrons. The summed E-state index contributed by atoms with van der Waals surface area (Å²) in [5, 5.41) is 2.55. The zero-order valence-electron chi connectivity index (χ0n) is 24.4. The van der Waals surface area contributed by atoms with Gasteiger partial charge in [0.2, 0.25) is 11.9 Å². The fourth-order valence-electron chi connectivity index (χ4n) is 5.81. The highest BCUT2D eigenvalue weighted by Gasteiger charge is 2.28. The fourth-order valence-corrected chi connectivity index (χ4v) is 5.81. The van der Waals surface area contributed by atoms with Crippen molar-refractivity contribution in [2.75, 3.05) is 51.2 Å². The van der Waals surface area contributed by atoms with E-state index in [2.05, 4.69) is 40.3 Å². The number of ether oxygens (including phenoxy) is 1. The van der Waals surface area contributed by atoms with Crippen molar-refractivity contribution in [1.82, 2.24) is 25.1 Å². The number of hydrogen-bond donors (Lipinski definition) is 1. The highest BCUT2D eigenvalue weighted by molar-refractivity contribution is 5.82. The molecule has 39 heavy (non-hydrogen) atoms. The molecule has 1 saturated carbocycles. The molecule has 0 bridgehead atoms. The van der Waals surface area contributed by atoms with Crippen molar-refractivity contribution in [2.24, 2.45) is 11.8 Å². The zero-order chi connectivity index (χ0) is 28.0. The van der Waals surface area contributed by atoms with Crippen LogP contribution in [0.3, 0.4) is 0 Å². The topological polar surface area (TPSA) is 90.9 Å². The second-order valence-electron chi connectivity index (χ2n) is 12.2. The lowest BCUT2D eigenvalue weighted by Crippen LogP contribution is -2.51. The second kappa shape index (κ2) is 12.9. The van der Waals surface area contributed by atoms with Crippen LogP contribution < -0.4 is 10.2 Å². The largest absolute Gasteiger partial charge is 0.444 e. The summed E-state index contributed by atoms with van der Waals surface area (Å²) in [6, 6.07) is 0.764. The lowest BCUT2D eigenvalue weighted by atomic mass is 9.81. The SMILES string of the molecule is CC1C(c2cnc(N3CCN(C4CCCCC4)CC3)nc2)=CC=CC1CN(C)C(=O)CNC(=O)OC(C)(C)C. The molecule has 2 fully saturated rings. The van der Waals surface area contributed by atoms with Crippen molar-refractivity contribution >= 4 is 23.5 Å². The van der Waals surface area contributed by atoms with Gasteiger partial charge in [-0.2, -0.15) is 0 Å². The maximum atomic E-state index is 12.6. The number of amides is 2. The minimum absolute atomic E-state index is 0.0941. The molecule has 1 N–H and O–H groups in total. The van der Waals surface area contributed by atoms with E-state index in [9.17, 15) is 9.59 Å². The van der Waals surface area contributed by atoms with E-state index in [1.165, 1.54) is 37.7 Å². The Morgan fingerprint density at radius 1 is 1.08 bits per heavy atom.